The predicted molar refractivity (Wildman–Crippen MR) is 112 cm³/mol. The van der Waals surface area contributed by atoms with Crippen LogP contribution >= 0.6 is 8.30 Å². The summed E-state index contributed by atoms with van der Waals surface area (Å²) in [4.78, 5) is 0. The summed E-state index contributed by atoms with van der Waals surface area (Å²) in [6.45, 7) is 14.6. The van der Waals surface area contributed by atoms with E-state index in [9.17, 15) is 0 Å². The molecule has 0 aromatic rings. The van der Waals surface area contributed by atoms with Crippen molar-refractivity contribution in [1.82, 2.24) is 4.67 Å². The SMILES string of the molecule is CCCCCCCCCCCCCCOP(C)N(C(C)C)C(C)C. The van der Waals surface area contributed by atoms with E-state index in [1.807, 2.05) is 0 Å². The first-order valence-electron chi connectivity index (χ1n) is 10.7. The maximum absolute atomic E-state index is 6.11. The number of unbranched alkanes of at least 4 members (excludes halogenated alkanes) is 11. The molecule has 0 saturated heterocycles. The first-order chi connectivity index (χ1) is 11.5. The van der Waals surface area contributed by atoms with Crippen LogP contribution in [0.3, 0.4) is 0 Å². The van der Waals surface area contributed by atoms with Crippen LogP contribution in [0.5, 0.6) is 0 Å². The molecule has 0 aliphatic rings. The molecule has 0 bridgehead atoms. The van der Waals surface area contributed by atoms with Crippen LogP contribution in [-0.4, -0.2) is 30.0 Å². The lowest BCUT2D eigenvalue weighted by molar-refractivity contribution is 0.252. The van der Waals surface area contributed by atoms with Crippen LogP contribution in [0.4, 0.5) is 0 Å². The topological polar surface area (TPSA) is 12.5 Å². The lowest BCUT2D eigenvalue weighted by Crippen LogP contribution is -2.32. The maximum atomic E-state index is 6.11. The van der Waals surface area contributed by atoms with Gasteiger partial charge in [-0.25, -0.2) is 0 Å². The Hall–Kier alpha value is 0.350. The Morgan fingerprint density at radius 2 is 1.04 bits per heavy atom. The van der Waals surface area contributed by atoms with E-state index in [1.54, 1.807) is 0 Å². The van der Waals surface area contributed by atoms with Gasteiger partial charge in [-0.1, -0.05) is 77.6 Å². The zero-order chi connectivity index (χ0) is 18.2. The van der Waals surface area contributed by atoms with E-state index in [1.165, 1.54) is 77.0 Å². The fourth-order valence-electron chi connectivity index (χ4n) is 3.45. The van der Waals surface area contributed by atoms with E-state index < -0.39 is 8.30 Å². The molecular weight excluding hydrogens is 313 g/mol. The summed E-state index contributed by atoms with van der Waals surface area (Å²) in [5.74, 6) is 0. The zero-order valence-corrected chi connectivity index (χ0v) is 18.5. The smallest absolute Gasteiger partial charge is 0.101 e. The summed E-state index contributed by atoms with van der Waals surface area (Å²) in [7, 11) is -0.429. The van der Waals surface area contributed by atoms with Gasteiger partial charge < -0.3 is 4.52 Å². The number of hydrogen-bond acceptors (Lipinski definition) is 2. The highest BCUT2D eigenvalue weighted by atomic mass is 31.2. The fourth-order valence-corrected chi connectivity index (χ4v) is 5.28. The molecule has 0 fully saturated rings. The Labute approximate surface area is 155 Å². The van der Waals surface area contributed by atoms with E-state index >= 15 is 0 Å². The van der Waals surface area contributed by atoms with Gasteiger partial charge in [0, 0.05) is 12.1 Å². The number of nitrogens with zero attached hydrogens (tertiary/aromatic N) is 1. The quantitative estimate of drug-likeness (QED) is 0.194. The molecule has 0 aromatic carbocycles. The highest BCUT2D eigenvalue weighted by Crippen LogP contribution is 2.40. The minimum absolute atomic E-state index is 0.429. The van der Waals surface area contributed by atoms with Crippen LogP contribution in [0.1, 0.15) is 112 Å². The first kappa shape index (κ1) is 24.4. The van der Waals surface area contributed by atoms with Gasteiger partial charge in [0.05, 0.1) is 6.61 Å². The fraction of sp³-hybridized carbons (Fsp3) is 1.00. The van der Waals surface area contributed by atoms with Crippen LogP contribution in [0.2, 0.25) is 0 Å². The number of rotatable bonds is 17. The van der Waals surface area contributed by atoms with Crippen molar-refractivity contribution in [3.8, 4) is 0 Å². The van der Waals surface area contributed by atoms with Crippen molar-refractivity contribution < 1.29 is 4.52 Å². The van der Waals surface area contributed by atoms with Gasteiger partial charge in [-0.05, 0) is 40.8 Å². The third kappa shape index (κ3) is 13.6. The molecule has 24 heavy (non-hydrogen) atoms. The molecule has 0 N–H and O–H groups in total. The van der Waals surface area contributed by atoms with Gasteiger partial charge in [0.2, 0.25) is 0 Å². The van der Waals surface area contributed by atoms with E-state index in [2.05, 4.69) is 46.0 Å². The van der Waals surface area contributed by atoms with Crippen LogP contribution in [0.15, 0.2) is 0 Å². The highest BCUT2D eigenvalue weighted by molar-refractivity contribution is 7.49. The van der Waals surface area contributed by atoms with E-state index in [0.29, 0.717) is 12.1 Å². The average molecular weight is 360 g/mol. The molecule has 0 spiro atoms. The van der Waals surface area contributed by atoms with Crippen molar-refractivity contribution in [2.45, 2.75) is 124 Å². The van der Waals surface area contributed by atoms with Crippen molar-refractivity contribution in [2.75, 3.05) is 13.3 Å². The minimum atomic E-state index is -0.429. The van der Waals surface area contributed by atoms with Crippen LogP contribution in [-0.2, 0) is 4.52 Å². The minimum Gasteiger partial charge on any atom is -0.344 e. The van der Waals surface area contributed by atoms with Crippen molar-refractivity contribution in [3.05, 3.63) is 0 Å². The Morgan fingerprint density at radius 1 is 0.667 bits per heavy atom. The lowest BCUT2D eigenvalue weighted by atomic mass is 10.1. The van der Waals surface area contributed by atoms with Crippen LogP contribution in [0, 0.1) is 0 Å². The highest BCUT2D eigenvalue weighted by Gasteiger charge is 2.20. The van der Waals surface area contributed by atoms with Crippen molar-refractivity contribution in [2.24, 2.45) is 0 Å². The third-order valence-electron chi connectivity index (χ3n) is 4.66. The number of hydrogen-bond donors (Lipinski definition) is 0. The van der Waals surface area contributed by atoms with Crippen molar-refractivity contribution in [1.29, 1.82) is 0 Å². The molecule has 1 atom stereocenters. The summed E-state index contributed by atoms with van der Waals surface area (Å²) in [6.07, 6.45) is 16.8. The molecule has 2 nitrogen and oxygen atoms in total. The molecular formula is C21H46NOP. The second kappa shape index (κ2) is 16.8. The molecule has 0 aromatic heterocycles. The van der Waals surface area contributed by atoms with E-state index in [-0.39, 0.29) is 0 Å². The second-order valence-electron chi connectivity index (χ2n) is 7.75. The Morgan fingerprint density at radius 3 is 1.42 bits per heavy atom. The Kier molecular flexibility index (Phi) is 17.0. The van der Waals surface area contributed by atoms with Gasteiger partial charge in [0.25, 0.3) is 0 Å². The monoisotopic (exact) mass is 359 g/mol. The molecule has 0 rings (SSSR count). The summed E-state index contributed by atoms with van der Waals surface area (Å²) < 4.78 is 8.62. The molecule has 0 amide bonds. The van der Waals surface area contributed by atoms with Crippen LogP contribution in [0.25, 0.3) is 0 Å². The standard InChI is InChI=1S/C21H46NOP/c1-7-8-9-10-11-12-13-14-15-16-17-18-19-23-24(6)22(20(2)3)21(4)5/h20-21H,7-19H2,1-6H3. The summed E-state index contributed by atoms with van der Waals surface area (Å²) in [5.41, 5.74) is 0. The molecule has 1 unspecified atom stereocenters. The zero-order valence-electron chi connectivity index (χ0n) is 17.6. The van der Waals surface area contributed by atoms with E-state index in [0.717, 1.165) is 6.61 Å². The molecule has 146 valence electrons. The molecule has 3 heteroatoms. The first-order valence-corrected chi connectivity index (χ1v) is 12.3. The van der Waals surface area contributed by atoms with Crippen LogP contribution < -0.4 is 0 Å². The van der Waals surface area contributed by atoms with Gasteiger partial charge >= 0.3 is 0 Å². The molecule has 0 saturated carbocycles. The van der Waals surface area contributed by atoms with E-state index in [4.69, 9.17) is 4.52 Å². The Balaban J connectivity index is 3.38. The largest absolute Gasteiger partial charge is 0.344 e. The molecule has 0 aliphatic heterocycles. The van der Waals surface area contributed by atoms with Gasteiger partial charge in [-0.2, -0.15) is 0 Å². The summed E-state index contributed by atoms with van der Waals surface area (Å²) in [5, 5.41) is 0. The molecule has 0 radical (unpaired) electrons. The van der Waals surface area contributed by atoms with Gasteiger partial charge in [-0.15, -0.1) is 0 Å². The average Bonchev–Trinajstić information content (AvgIpc) is 2.51. The molecule has 0 aliphatic carbocycles. The summed E-state index contributed by atoms with van der Waals surface area (Å²) in [6, 6.07) is 1.14. The Bertz CT molecular complexity index is 250. The normalized spacial score (nSPS) is 13.4. The maximum Gasteiger partial charge on any atom is 0.101 e. The van der Waals surface area contributed by atoms with Gasteiger partial charge in [0.1, 0.15) is 8.30 Å². The van der Waals surface area contributed by atoms with Crippen molar-refractivity contribution >= 4 is 8.30 Å². The lowest BCUT2D eigenvalue weighted by Gasteiger charge is -2.35. The van der Waals surface area contributed by atoms with Gasteiger partial charge in [-0.3, -0.25) is 4.67 Å². The third-order valence-corrected chi connectivity index (χ3v) is 6.79. The van der Waals surface area contributed by atoms with Crippen molar-refractivity contribution in [3.63, 3.8) is 0 Å². The van der Waals surface area contributed by atoms with Gasteiger partial charge in [0.15, 0.2) is 0 Å². The summed E-state index contributed by atoms with van der Waals surface area (Å²) >= 11 is 0. The molecule has 0 heterocycles. The predicted octanol–water partition coefficient (Wildman–Crippen LogP) is 7.76. The second-order valence-corrected chi connectivity index (χ2v) is 9.40.